The van der Waals surface area contributed by atoms with Crippen LogP contribution in [0.15, 0.2) is 0 Å². The molecule has 80 valence electrons. The largest absolute Gasteiger partial charge is 0.396 e. The maximum Gasteiger partial charge on any atom is 0.260 e. The Bertz CT molecular complexity index is 235. The zero-order valence-corrected chi connectivity index (χ0v) is 8.07. The van der Waals surface area contributed by atoms with Crippen LogP contribution in [-0.2, 0) is 10.0 Å². The van der Waals surface area contributed by atoms with Crippen LogP contribution in [0.1, 0.15) is 13.3 Å². The first-order valence-corrected chi connectivity index (χ1v) is 5.38. The molecule has 0 aliphatic heterocycles. The van der Waals surface area contributed by atoms with Gasteiger partial charge in [0.25, 0.3) is 5.92 Å². The first kappa shape index (κ1) is 12.7. The molecule has 0 aliphatic carbocycles. The summed E-state index contributed by atoms with van der Waals surface area (Å²) in [7, 11) is -3.92. The van der Waals surface area contributed by atoms with Crippen molar-refractivity contribution in [2.75, 3.05) is 18.9 Å². The standard InChI is InChI=1S/C6H13F2NO3S/c1-6(7,8)5-13(11,12)9-3-2-4-10/h9-10H,2-5H2,1H3. The number of alkyl halides is 2. The number of rotatable bonds is 6. The van der Waals surface area contributed by atoms with Crippen molar-refractivity contribution in [1.82, 2.24) is 4.72 Å². The Morgan fingerprint density at radius 3 is 2.38 bits per heavy atom. The van der Waals surface area contributed by atoms with E-state index in [1.807, 2.05) is 4.72 Å². The molecular weight excluding hydrogens is 204 g/mol. The van der Waals surface area contributed by atoms with Gasteiger partial charge in [-0.05, 0) is 6.42 Å². The minimum atomic E-state index is -3.92. The van der Waals surface area contributed by atoms with E-state index in [4.69, 9.17) is 5.11 Å². The maximum atomic E-state index is 12.3. The van der Waals surface area contributed by atoms with Gasteiger partial charge in [-0.25, -0.2) is 21.9 Å². The lowest BCUT2D eigenvalue weighted by Gasteiger charge is -2.10. The highest BCUT2D eigenvalue weighted by Crippen LogP contribution is 2.13. The van der Waals surface area contributed by atoms with Crippen molar-refractivity contribution in [3.63, 3.8) is 0 Å². The van der Waals surface area contributed by atoms with Gasteiger partial charge in [0.05, 0.1) is 0 Å². The second-order valence-corrected chi connectivity index (χ2v) is 4.61. The van der Waals surface area contributed by atoms with E-state index in [1.54, 1.807) is 0 Å². The molecule has 0 atom stereocenters. The SMILES string of the molecule is CC(F)(F)CS(=O)(=O)NCCCO. The summed E-state index contributed by atoms with van der Waals surface area (Å²) in [5.41, 5.74) is 0. The molecule has 0 aromatic rings. The van der Waals surface area contributed by atoms with E-state index in [-0.39, 0.29) is 19.6 Å². The predicted molar refractivity (Wildman–Crippen MR) is 44.1 cm³/mol. The average Bonchev–Trinajstić information content (AvgIpc) is 1.81. The molecule has 0 saturated heterocycles. The second kappa shape index (κ2) is 4.83. The second-order valence-electron chi connectivity index (χ2n) is 2.80. The van der Waals surface area contributed by atoms with Crippen molar-refractivity contribution >= 4 is 10.0 Å². The Labute approximate surface area is 76.0 Å². The van der Waals surface area contributed by atoms with E-state index < -0.39 is 21.7 Å². The molecule has 0 amide bonds. The normalized spacial score (nSPS) is 13.2. The topological polar surface area (TPSA) is 66.4 Å². The lowest BCUT2D eigenvalue weighted by Crippen LogP contribution is -2.34. The van der Waals surface area contributed by atoms with Gasteiger partial charge in [0.2, 0.25) is 10.0 Å². The molecule has 13 heavy (non-hydrogen) atoms. The molecule has 0 radical (unpaired) electrons. The smallest absolute Gasteiger partial charge is 0.260 e. The number of halogens is 2. The monoisotopic (exact) mass is 217 g/mol. The fourth-order valence-corrected chi connectivity index (χ4v) is 1.92. The summed E-state index contributed by atoms with van der Waals surface area (Å²) in [4.78, 5) is 0. The van der Waals surface area contributed by atoms with Crippen LogP contribution in [0.25, 0.3) is 0 Å². The third kappa shape index (κ3) is 8.07. The molecule has 0 fully saturated rings. The summed E-state index contributed by atoms with van der Waals surface area (Å²) in [5, 5.41) is 8.31. The molecule has 0 rings (SSSR count). The summed E-state index contributed by atoms with van der Waals surface area (Å²) in [6, 6.07) is 0. The Kier molecular flexibility index (Phi) is 4.72. The highest BCUT2D eigenvalue weighted by molar-refractivity contribution is 7.89. The molecule has 2 N–H and O–H groups in total. The molecule has 0 saturated carbocycles. The van der Waals surface area contributed by atoms with Gasteiger partial charge in [0.15, 0.2) is 0 Å². The van der Waals surface area contributed by atoms with Crippen LogP contribution in [0.3, 0.4) is 0 Å². The van der Waals surface area contributed by atoms with Crippen LogP contribution in [0.5, 0.6) is 0 Å². The van der Waals surface area contributed by atoms with Crippen LogP contribution < -0.4 is 4.72 Å². The summed E-state index contributed by atoms with van der Waals surface area (Å²) >= 11 is 0. The Balaban J connectivity index is 3.96. The van der Waals surface area contributed by atoms with Crippen molar-refractivity contribution in [3.05, 3.63) is 0 Å². The molecule has 0 unspecified atom stereocenters. The van der Waals surface area contributed by atoms with E-state index in [9.17, 15) is 17.2 Å². The van der Waals surface area contributed by atoms with Crippen LogP contribution in [-0.4, -0.2) is 38.4 Å². The van der Waals surface area contributed by atoms with E-state index in [0.29, 0.717) is 6.92 Å². The molecule has 0 bridgehead atoms. The average molecular weight is 217 g/mol. The van der Waals surface area contributed by atoms with Crippen molar-refractivity contribution in [3.8, 4) is 0 Å². The highest BCUT2D eigenvalue weighted by atomic mass is 32.2. The van der Waals surface area contributed by atoms with Gasteiger partial charge >= 0.3 is 0 Å². The van der Waals surface area contributed by atoms with Gasteiger partial charge in [0.1, 0.15) is 5.75 Å². The Hall–Kier alpha value is -0.270. The van der Waals surface area contributed by atoms with E-state index >= 15 is 0 Å². The third-order valence-corrected chi connectivity index (χ3v) is 2.63. The Morgan fingerprint density at radius 2 is 2.00 bits per heavy atom. The molecule has 4 nitrogen and oxygen atoms in total. The van der Waals surface area contributed by atoms with Gasteiger partial charge in [0, 0.05) is 20.1 Å². The number of nitrogens with one attached hydrogen (secondary N) is 1. The zero-order chi connectivity index (χ0) is 10.5. The molecular formula is C6H13F2NO3S. The van der Waals surface area contributed by atoms with Crippen molar-refractivity contribution < 1.29 is 22.3 Å². The van der Waals surface area contributed by atoms with Crippen LogP contribution in [0.4, 0.5) is 8.78 Å². The fourth-order valence-electron chi connectivity index (χ4n) is 0.691. The fraction of sp³-hybridized carbons (Fsp3) is 1.00. The summed E-state index contributed by atoms with van der Waals surface area (Å²) in [5.74, 6) is -4.45. The number of hydrogen-bond donors (Lipinski definition) is 2. The number of aliphatic hydroxyl groups is 1. The van der Waals surface area contributed by atoms with Gasteiger partial charge in [-0.3, -0.25) is 0 Å². The quantitative estimate of drug-likeness (QED) is 0.613. The van der Waals surface area contributed by atoms with Gasteiger partial charge < -0.3 is 5.11 Å². The van der Waals surface area contributed by atoms with Crippen LogP contribution in [0.2, 0.25) is 0 Å². The molecule has 0 spiro atoms. The van der Waals surface area contributed by atoms with Gasteiger partial charge in [-0.15, -0.1) is 0 Å². The lowest BCUT2D eigenvalue weighted by atomic mass is 10.5. The van der Waals surface area contributed by atoms with Gasteiger partial charge in [-0.2, -0.15) is 0 Å². The van der Waals surface area contributed by atoms with E-state index in [2.05, 4.69) is 0 Å². The first-order valence-electron chi connectivity index (χ1n) is 3.73. The molecule has 0 aliphatic rings. The number of hydrogen-bond acceptors (Lipinski definition) is 3. The number of aliphatic hydroxyl groups excluding tert-OH is 1. The minimum absolute atomic E-state index is 0.0189. The Morgan fingerprint density at radius 1 is 1.46 bits per heavy atom. The molecule has 0 aromatic heterocycles. The summed E-state index contributed by atoms with van der Waals surface area (Å²) in [6.07, 6.45) is 0.217. The van der Waals surface area contributed by atoms with Crippen molar-refractivity contribution in [1.29, 1.82) is 0 Å². The lowest BCUT2D eigenvalue weighted by molar-refractivity contribution is 0.0471. The van der Waals surface area contributed by atoms with Crippen molar-refractivity contribution in [2.24, 2.45) is 0 Å². The minimum Gasteiger partial charge on any atom is -0.396 e. The third-order valence-electron chi connectivity index (χ3n) is 1.10. The maximum absolute atomic E-state index is 12.3. The zero-order valence-electron chi connectivity index (χ0n) is 7.26. The van der Waals surface area contributed by atoms with Gasteiger partial charge in [-0.1, -0.05) is 0 Å². The van der Waals surface area contributed by atoms with E-state index in [1.165, 1.54) is 0 Å². The molecule has 0 heterocycles. The summed E-state index contributed by atoms with van der Waals surface area (Å²) in [6.45, 7) is 0.345. The van der Waals surface area contributed by atoms with Crippen molar-refractivity contribution in [2.45, 2.75) is 19.3 Å². The van der Waals surface area contributed by atoms with Crippen LogP contribution in [0, 0.1) is 0 Å². The highest BCUT2D eigenvalue weighted by Gasteiger charge is 2.29. The first-order chi connectivity index (χ1) is 5.77. The molecule has 0 aromatic carbocycles. The predicted octanol–water partition coefficient (Wildman–Crippen LogP) is -0.0566. The van der Waals surface area contributed by atoms with E-state index in [0.717, 1.165) is 0 Å². The molecule has 7 heteroatoms. The number of sulfonamides is 1. The van der Waals surface area contributed by atoms with Crippen LogP contribution >= 0.6 is 0 Å². The summed E-state index contributed by atoms with van der Waals surface area (Å²) < 4.78 is 48.2.